The summed E-state index contributed by atoms with van der Waals surface area (Å²) < 4.78 is 0. The molecule has 0 aliphatic carbocycles. The second kappa shape index (κ2) is 5.87. The van der Waals surface area contributed by atoms with Crippen molar-refractivity contribution in [2.24, 2.45) is 5.41 Å². The molecule has 74 valence electrons. The fraction of sp³-hybridized carbons (Fsp3) is 1.00. The molecule has 0 aromatic heterocycles. The second-order valence-electron chi connectivity index (χ2n) is 4.47. The minimum atomic E-state index is 0.462. The highest BCUT2D eigenvalue weighted by Gasteiger charge is 2.11. The molecule has 0 radical (unpaired) electrons. The molecule has 0 saturated carbocycles. The molecule has 0 aromatic rings. The molecule has 2 heteroatoms. The predicted molar refractivity (Wildman–Crippen MR) is 60.0 cm³/mol. The van der Waals surface area contributed by atoms with Crippen LogP contribution < -0.4 is 0 Å². The topological polar surface area (TPSA) is 3.24 Å². The highest BCUT2D eigenvalue weighted by molar-refractivity contribution is 7.80. The maximum absolute atomic E-state index is 4.24. The van der Waals surface area contributed by atoms with Gasteiger partial charge in [0.2, 0.25) is 0 Å². The van der Waals surface area contributed by atoms with Crippen molar-refractivity contribution in [3.63, 3.8) is 0 Å². The lowest BCUT2D eigenvalue weighted by Gasteiger charge is -2.25. The van der Waals surface area contributed by atoms with Crippen molar-refractivity contribution in [1.29, 1.82) is 0 Å². The second-order valence-corrected chi connectivity index (χ2v) is 4.92. The van der Waals surface area contributed by atoms with Crippen molar-refractivity contribution in [3.8, 4) is 0 Å². The lowest BCUT2D eigenvalue weighted by atomic mass is 9.92. The van der Waals surface area contributed by atoms with Gasteiger partial charge >= 0.3 is 0 Å². The van der Waals surface area contributed by atoms with E-state index in [1.165, 1.54) is 13.0 Å². The number of nitrogens with zero attached hydrogens (tertiary/aromatic N) is 1. The first-order chi connectivity index (χ1) is 5.49. The van der Waals surface area contributed by atoms with Gasteiger partial charge in [-0.05, 0) is 24.9 Å². The molecule has 0 saturated heterocycles. The van der Waals surface area contributed by atoms with Crippen LogP contribution in [-0.2, 0) is 0 Å². The van der Waals surface area contributed by atoms with Crippen LogP contribution in [0.5, 0.6) is 0 Å². The predicted octanol–water partition coefficient (Wildman–Crippen LogP) is 2.67. The van der Waals surface area contributed by atoms with Crippen molar-refractivity contribution >= 4 is 12.6 Å². The molecule has 0 unspecified atom stereocenters. The van der Waals surface area contributed by atoms with E-state index in [0.29, 0.717) is 5.41 Å². The van der Waals surface area contributed by atoms with Crippen LogP contribution in [0, 0.1) is 5.41 Å². The van der Waals surface area contributed by atoms with E-state index in [9.17, 15) is 0 Å². The quantitative estimate of drug-likeness (QED) is 0.651. The molecule has 0 heterocycles. The highest BCUT2D eigenvalue weighted by atomic mass is 32.1. The van der Waals surface area contributed by atoms with Crippen LogP contribution in [0.4, 0.5) is 0 Å². The third-order valence-corrected chi connectivity index (χ3v) is 2.24. The number of thiol groups is 1. The Balaban J connectivity index is 3.58. The molecular formula is C10H23NS. The Morgan fingerprint density at radius 3 is 2.08 bits per heavy atom. The minimum Gasteiger partial charge on any atom is -0.303 e. The molecule has 0 aromatic carbocycles. The Morgan fingerprint density at radius 1 is 1.17 bits per heavy atom. The van der Waals surface area contributed by atoms with Crippen molar-refractivity contribution in [2.45, 2.75) is 34.1 Å². The lowest BCUT2D eigenvalue weighted by Crippen LogP contribution is -2.29. The zero-order valence-electron chi connectivity index (χ0n) is 8.93. The fourth-order valence-electron chi connectivity index (χ4n) is 1.06. The van der Waals surface area contributed by atoms with E-state index < -0.39 is 0 Å². The van der Waals surface area contributed by atoms with Gasteiger partial charge in [-0.15, -0.1) is 0 Å². The number of hydrogen-bond donors (Lipinski definition) is 1. The Kier molecular flexibility index (Phi) is 6.02. The maximum Gasteiger partial charge on any atom is 0.00697 e. The van der Waals surface area contributed by atoms with Gasteiger partial charge in [0, 0.05) is 12.3 Å². The van der Waals surface area contributed by atoms with E-state index >= 15 is 0 Å². The molecular weight excluding hydrogens is 166 g/mol. The van der Waals surface area contributed by atoms with E-state index in [0.717, 1.165) is 18.8 Å². The standard InChI is InChI=1S/C10H23NS/c1-5-11(8-9-12)7-6-10(2,3)4/h12H,5-9H2,1-4H3. The number of hydrogen-bond acceptors (Lipinski definition) is 2. The zero-order chi connectivity index (χ0) is 9.61. The van der Waals surface area contributed by atoms with Crippen molar-refractivity contribution in [1.82, 2.24) is 4.90 Å². The summed E-state index contributed by atoms with van der Waals surface area (Å²) in [7, 11) is 0. The van der Waals surface area contributed by atoms with Crippen LogP contribution >= 0.6 is 12.6 Å². The van der Waals surface area contributed by atoms with Crippen molar-refractivity contribution in [2.75, 3.05) is 25.4 Å². The van der Waals surface area contributed by atoms with Crippen LogP contribution in [0.3, 0.4) is 0 Å². The summed E-state index contributed by atoms with van der Waals surface area (Å²) in [5.74, 6) is 0.970. The maximum atomic E-state index is 4.24. The first-order valence-electron chi connectivity index (χ1n) is 4.83. The van der Waals surface area contributed by atoms with Gasteiger partial charge in [0.15, 0.2) is 0 Å². The first-order valence-corrected chi connectivity index (χ1v) is 5.46. The summed E-state index contributed by atoms with van der Waals surface area (Å²) in [6.45, 7) is 12.6. The van der Waals surface area contributed by atoms with Crippen LogP contribution in [0.25, 0.3) is 0 Å². The summed E-state index contributed by atoms with van der Waals surface area (Å²) in [5, 5.41) is 0. The van der Waals surface area contributed by atoms with Gasteiger partial charge in [0.25, 0.3) is 0 Å². The van der Waals surface area contributed by atoms with Gasteiger partial charge in [0.1, 0.15) is 0 Å². The van der Waals surface area contributed by atoms with Gasteiger partial charge in [-0.2, -0.15) is 12.6 Å². The average Bonchev–Trinajstić information content (AvgIpc) is 1.96. The molecule has 0 N–H and O–H groups in total. The van der Waals surface area contributed by atoms with Crippen molar-refractivity contribution in [3.05, 3.63) is 0 Å². The van der Waals surface area contributed by atoms with E-state index in [1.54, 1.807) is 0 Å². The van der Waals surface area contributed by atoms with Crippen molar-refractivity contribution < 1.29 is 0 Å². The molecule has 12 heavy (non-hydrogen) atoms. The average molecular weight is 189 g/mol. The summed E-state index contributed by atoms with van der Waals surface area (Å²) in [4.78, 5) is 2.46. The van der Waals surface area contributed by atoms with Gasteiger partial charge in [-0.1, -0.05) is 27.7 Å². The lowest BCUT2D eigenvalue weighted by molar-refractivity contribution is 0.247. The molecule has 0 aliphatic rings. The molecule has 0 atom stereocenters. The van der Waals surface area contributed by atoms with E-state index in [4.69, 9.17) is 0 Å². The smallest absolute Gasteiger partial charge is 0.00697 e. The molecule has 0 fully saturated rings. The van der Waals surface area contributed by atoms with Crippen LogP contribution in [0.1, 0.15) is 34.1 Å². The third-order valence-electron chi connectivity index (χ3n) is 2.04. The minimum absolute atomic E-state index is 0.462. The molecule has 0 amide bonds. The summed E-state index contributed by atoms with van der Waals surface area (Å²) in [6.07, 6.45) is 1.27. The molecule has 0 rings (SSSR count). The Labute approximate surface area is 82.9 Å². The van der Waals surface area contributed by atoms with Gasteiger partial charge in [-0.25, -0.2) is 0 Å². The first kappa shape index (κ1) is 12.3. The monoisotopic (exact) mass is 189 g/mol. The molecule has 0 spiro atoms. The largest absolute Gasteiger partial charge is 0.303 e. The number of rotatable bonds is 5. The van der Waals surface area contributed by atoms with E-state index in [-0.39, 0.29) is 0 Å². The summed E-state index contributed by atoms with van der Waals surface area (Å²) >= 11 is 4.24. The third kappa shape index (κ3) is 6.99. The summed E-state index contributed by atoms with van der Waals surface area (Å²) in [6, 6.07) is 0. The Hall–Kier alpha value is 0.310. The zero-order valence-corrected chi connectivity index (χ0v) is 9.82. The summed E-state index contributed by atoms with van der Waals surface area (Å²) in [5.41, 5.74) is 0.462. The van der Waals surface area contributed by atoms with Gasteiger partial charge in [0.05, 0.1) is 0 Å². The van der Waals surface area contributed by atoms with Crippen LogP contribution in [-0.4, -0.2) is 30.3 Å². The Morgan fingerprint density at radius 2 is 1.75 bits per heavy atom. The Bertz CT molecular complexity index is 107. The molecule has 1 nitrogen and oxygen atoms in total. The highest BCUT2D eigenvalue weighted by Crippen LogP contribution is 2.18. The van der Waals surface area contributed by atoms with E-state index in [2.05, 4.69) is 45.2 Å². The molecule has 0 aliphatic heterocycles. The van der Waals surface area contributed by atoms with E-state index in [1.807, 2.05) is 0 Å². The normalized spacial score (nSPS) is 12.5. The molecule has 0 bridgehead atoms. The van der Waals surface area contributed by atoms with Gasteiger partial charge < -0.3 is 4.90 Å². The van der Waals surface area contributed by atoms with Gasteiger partial charge in [-0.3, -0.25) is 0 Å². The van der Waals surface area contributed by atoms with Crippen LogP contribution in [0.2, 0.25) is 0 Å². The fourth-order valence-corrected chi connectivity index (χ4v) is 1.35. The van der Waals surface area contributed by atoms with Crippen LogP contribution in [0.15, 0.2) is 0 Å². The SMILES string of the molecule is CCN(CCS)CCC(C)(C)C.